The summed E-state index contributed by atoms with van der Waals surface area (Å²) in [4.78, 5) is 16.5. The summed E-state index contributed by atoms with van der Waals surface area (Å²) in [7, 11) is 0. The third-order valence-corrected chi connectivity index (χ3v) is 3.10. The maximum atomic E-state index is 12.2. The van der Waals surface area contributed by atoms with Crippen LogP contribution in [0.5, 0.6) is 0 Å². The minimum atomic E-state index is -0.0936. The second-order valence-electron chi connectivity index (χ2n) is 3.82. The van der Waals surface area contributed by atoms with Crippen LogP contribution in [0.15, 0.2) is 50.6 Å². The fourth-order valence-electron chi connectivity index (χ4n) is 1.74. The number of hydrogen-bond donors (Lipinski definition) is 0. The minimum Gasteiger partial charge on any atom is -0.359 e. The van der Waals surface area contributed by atoms with E-state index < -0.39 is 0 Å². The number of hydrogen-bond acceptors (Lipinski definition) is 4. The van der Waals surface area contributed by atoms with Crippen LogP contribution >= 0.6 is 15.9 Å². The normalized spacial score (nSPS) is 10.9. The molecule has 0 unspecified atom stereocenters. The molecule has 0 saturated carbocycles. The Balaban J connectivity index is 2.12. The number of halogens is 1. The number of fused-ring (bicyclic) bond motifs is 1. The molecule has 2 heterocycles. The van der Waals surface area contributed by atoms with Crippen molar-refractivity contribution in [3.8, 4) is 0 Å². The molecule has 18 heavy (non-hydrogen) atoms. The minimum absolute atomic E-state index is 0.0936. The van der Waals surface area contributed by atoms with E-state index in [4.69, 9.17) is 4.52 Å². The lowest BCUT2D eigenvalue weighted by molar-refractivity contribution is 0.374. The van der Waals surface area contributed by atoms with Crippen LogP contribution < -0.4 is 5.56 Å². The Labute approximate surface area is 110 Å². The zero-order valence-corrected chi connectivity index (χ0v) is 10.8. The van der Waals surface area contributed by atoms with Gasteiger partial charge in [0.15, 0.2) is 5.76 Å². The molecule has 0 aliphatic heterocycles. The Kier molecular flexibility index (Phi) is 2.71. The van der Waals surface area contributed by atoms with E-state index in [1.54, 1.807) is 18.3 Å². The van der Waals surface area contributed by atoms with Gasteiger partial charge in [-0.05, 0) is 18.2 Å². The van der Waals surface area contributed by atoms with Gasteiger partial charge in [-0.3, -0.25) is 9.36 Å². The fraction of sp³-hybridized carbons (Fsp3) is 0.0833. The van der Waals surface area contributed by atoms with Gasteiger partial charge in [0.25, 0.3) is 5.56 Å². The van der Waals surface area contributed by atoms with Crippen LogP contribution in [0.4, 0.5) is 0 Å². The molecule has 3 rings (SSSR count). The summed E-state index contributed by atoms with van der Waals surface area (Å²) in [6.07, 6.45) is 3.06. The van der Waals surface area contributed by atoms with E-state index in [0.29, 0.717) is 23.2 Å². The monoisotopic (exact) mass is 305 g/mol. The smallest absolute Gasteiger partial charge is 0.261 e. The average Bonchev–Trinajstić information content (AvgIpc) is 2.85. The molecule has 0 spiro atoms. The highest BCUT2D eigenvalue weighted by Gasteiger charge is 2.06. The van der Waals surface area contributed by atoms with Gasteiger partial charge in [-0.25, -0.2) is 4.98 Å². The van der Waals surface area contributed by atoms with Gasteiger partial charge in [0.1, 0.15) is 0 Å². The van der Waals surface area contributed by atoms with Gasteiger partial charge in [-0.15, -0.1) is 0 Å². The second kappa shape index (κ2) is 4.38. The van der Waals surface area contributed by atoms with Crippen molar-refractivity contribution in [2.75, 3.05) is 0 Å². The highest BCUT2D eigenvalue weighted by Crippen LogP contribution is 2.15. The van der Waals surface area contributed by atoms with Crippen LogP contribution in [0.2, 0.25) is 0 Å². The molecule has 0 aliphatic rings. The molecular formula is C12H8BrN3O2. The lowest BCUT2D eigenvalue weighted by Gasteiger charge is -2.04. The molecular weight excluding hydrogens is 298 g/mol. The predicted octanol–water partition coefficient (Wildman–Crippen LogP) is 2.20. The van der Waals surface area contributed by atoms with Crippen molar-refractivity contribution in [3.63, 3.8) is 0 Å². The van der Waals surface area contributed by atoms with E-state index in [1.165, 1.54) is 10.9 Å². The van der Waals surface area contributed by atoms with Gasteiger partial charge < -0.3 is 4.52 Å². The van der Waals surface area contributed by atoms with E-state index in [9.17, 15) is 4.79 Å². The van der Waals surface area contributed by atoms with Gasteiger partial charge in [-0.2, -0.15) is 0 Å². The van der Waals surface area contributed by atoms with Crippen molar-refractivity contribution in [1.29, 1.82) is 0 Å². The number of rotatable bonds is 2. The lowest BCUT2D eigenvalue weighted by Crippen LogP contribution is -2.20. The summed E-state index contributed by atoms with van der Waals surface area (Å²) in [5.41, 5.74) is 0.576. The first-order chi connectivity index (χ1) is 8.74. The molecule has 3 aromatic rings. The van der Waals surface area contributed by atoms with Crippen LogP contribution in [0, 0.1) is 0 Å². The molecule has 0 radical (unpaired) electrons. The Bertz CT molecular complexity index is 750. The zero-order valence-electron chi connectivity index (χ0n) is 9.21. The maximum absolute atomic E-state index is 12.2. The predicted molar refractivity (Wildman–Crippen MR) is 69.3 cm³/mol. The van der Waals surface area contributed by atoms with Crippen molar-refractivity contribution in [2.24, 2.45) is 0 Å². The Morgan fingerprint density at radius 3 is 3.00 bits per heavy atom. The molecule has 0 bridgehead atoms. The topological polar surface area (TPSA) is 60.9 Å². The summed E-state index contributed by atoms with van der Waals surface area (Å²) in [5, 5.41) is 4.19. The SMILES string of the molecule is O=c1c2ccc(Br)cc2ncn1Cc1ccno1. The van der Waals surface area contributed by atoms with Gasteiger partial charge in [0.05, 0.1) is 30.0 Å². The van der Waals surface area contributed by atoms with Gasteiger partial charge in [0, 0.05) is 10.5 Å². The number of aromatic nitrogens is 3. The van der Waals surface area contributed by atoms with Crippen LogP contribution in [0.25, 0.3) is 10.9 Å². The van der Waals surface area contributed by atoms with Crippen molar-refractivity contribution < 1.29 is 4.52 Å². The first-order valence-corrected chi connectivity index (χ1v) is 6.07. The molecule has 0 atom stereocenters. The third-order valence-electron chi connectivity index (χ3n) is 2.60. The lowest BCUT2D eigenvalue weighted by atomic mass is 10.2. The first-order valence-electron chi connectivity index (χ1n) is 5.28. The van der Waals surface area contributed by atoms with Crippen molar-refractivity contribution in [3.05, 3.63) is 57.4 Å². The fourth-order valence-corrected chi connectivity index (χ4v) is 2.08. The molecule has 90 valence electrons. The molecule has 6 heteroatoms. The van der Waals surface area contributed by atoms with E-state index in [1.807, 2.05) is 12.1 Å². The van der Waals surface area contributed by atoms with Gasteiger partial charge in [0.2, 0.25) is 0 Å². The third kappa shape index (κ3) is 1.95. The van der Waals surface area contributed by atoms with Crippen molar-refractivity contribution in [2.45, 2.75) is 6.54 Å². The summed E-state index contributed by atoms with van der Waals surface area (Å²) >= 11 is 3.35. The van der Waals surface area contributed by atoms with Crippen LogP contribution in [-0.4, -0.2) is 14.7 Å². The molecule has 2 aromatic heterocycles. The molecule has 0 saturated heterocycles. The molecule has 1 aromatic carbocycles. The van der Waals surface area contributed by atoms with Crippen molar-refractivity contribution in [1.82, 2.24) is 14.7 Å². The Morgan fingerprint density at radius 1 is 1.33 bits per heavy atom. The maximum Gasteiger partial charge on any atom is 0.261 e. The largest absolute Gasteiger partial charge is 0.359 e. The highest BCUT2D eigenvalue weighted by atomic mass is 79.9. The van der Waals surface area contributed by atoms with Crippen LogP contribution in [0.1, 0.15) is 5.76 Å². The van der Waals surface area contributed by atoms with Gasteiger partial charge >= 0.3 is 0 Å². The van der Waals surface area contributed by atoms with E-state index in [0.717, 1.165) is 4.47 Å². The molecule has 0 N–H and O–H groups in total. The number of benzene rings is 1. The van der Waals surface area contributed by atoms with E-state index in [-0.39, 0.29) is 5.56 Å². The van der Waals surface area contributed by atoms with Crippen LogP contribution in [0.3, 0.4) is 0 Å². The quantitative estimate of drug-likeness (QED) is 0.728. The standard InChI is InChI=1S/C12H8BrN3O2/c13-8-1-2-10-11(5-8)14-7-16(12(10)17)6-9-3-4-15-18-9/h1-5,7H,6H2. The molecule has 5 nitrogen and oxygen atoms in total. The second-order valence-corrected chi connectivity index (χ2v) is 4.73. The average molecular weight is 306 g/mol. The van der Waals surface area contributed by atoms with Crippen molar-refractivity contribution >= 4 is 26.8 Å². The highest BCUT2D eigenvalue weighted by molar-refractivity contribution is 9.10. The first kappa shape index (κ1) is 11.2. The summed E-state index contributed by atoms with van der Waals surface area (Å²) < 4.78 is 7.37. The molecule has 0 aliphatic carbocycles. The van der Waals surface area contributed by atoms with E-state index in [2.05, 4.69) is 26.1 Å². The Morgan fingerprint density at radius 2 is 2.22 bits per heavy atom. The van der Waals surface area contributed by atoms with Gasteiger partial charge in [-0.1, -0.05) is 21.1 Å². The Hall–Kier alpha value is -1.95. The van der Waals surface area contributed by atoms with E-state index >= 15 is 0 Å². The summed E-state index contributed by atoms with van der Waals surface area (Å²) in [6.45, 7) is 0.331. The summed E-state index contributed by atoms with van der Waals surface area (Å²) in [5.74, 6) is 0.621. The molecule has 0 fully saturated rings. The summed E-state index contributed by atoms with van der Waals surface area (Å²) in [6, 6.07) is 7.11. The molecule has 0 amide bonds. The number of nitrogens with zero attached hydrogens (tertiary/aromatic N) is 3. The zero-order chi connectivity index (χ0) is 12.5. The van der Waals surface area contributed by atoms with Crippen LogP contribution in [-0.2, 0) is 6.54 Å².